The zero-order chi connectivity index (χ0) is 14.8. The van der Waals surface area contributed by atoms with Gasteiger partial charge in [0.2, 0.25) is 0 Å². The number of hydrogen-bond donors (Lipinski definition) is 0. The first-order chi connectivity index (χ1) is 10.2. The van der Waals surface area contributed by atoms with Gasteiger partial charge in [0.1, 0.15) is 5.75 Å². The van der Waals surface area contributed by atoms with Crippen LogP contribution in [0.2, 0.25) is 0 Å². The second-order valence-electron chi connectivity index (χ2n) is 5.21. The van der Waals surface area contributed by atoms with E-state index in [0.29, 0.717) is 24.0 Å². The topological polar surface area (TPSA) is 43.4 Å². The summed E-state index contributed by atoms with van der Waals surface area (Å²) in [7, 11) is 1.63. The highest BCUT2D eigenvalue weighted by Crippen LogP contribution is 2.29. The van der Waals surface area contributed by atoms with Crippen LogP contribution in [0.1, 0.15) is 32.7 Å². The lowest BCUT2D eigenvalue weighted by atomic mass is 9.95. The predicted molar refractivity (Wildman–Crippen MR) is 79.9 cm³/mol. The molecule has 0 spiro atoms. The van der Waals surface area contributed by atoms with E-state index in [2.05, 4.69) is 0 Å². The normalized spacial score (nSPS) is 14.3. The van der Waals surface area contributed by atoms with E-state index >= 15 is 0 Å². The molecule has 3 nitrogen and oxygen atoms in total. The van der Waals surface area contributed by atoms with Gasteiger partial charge in [0, 0.05) is 11.1 Å². The summed E-state index contributed by atoms with van der Waals surface area (Å²) in [4.78, 5) is 24.6. The molecule has 2 aromatic carbocycles. The Kier molecular flexibility index (Phi) is 3.57. The second-order valence-corrected chi connectivity index (χ2v) is 5.21. The van der Waals surface area contributed by atoms with Crippen molar-refractivity contribution in [2.45, 2.75) is 12.8 Å². The minimum absolute atomic E-state index is 0.0379. The van der Waals surface area contributed by atoms with Crippen LogP contribution in [-0.2, 0) is 6.42 Å². The molecule has 3 heteroatoms. The average Bonchev–Trinajstić information content (AvgIpc) is 2.78. The van der Waals surface area contributed by atoms with E-state index in [-0.39, 0.29) is 11.6 Å². The maximum Gasteiger partial charge on any atom is 0.174 e. The molecule has 0 atom stereocenters. The van der Waals surface area contributed by atoms with Crippen molar-refractivity contribution in [3.05, 3.63) is 65.2 Å². The van der Waals surface area contributed by atoms with Crippen LogP contribution in [0.3, 0.4) is 0 Å². The van der Waals surface area contributed by atoms with Crippen molar-refractivity contribution in [3.63, 3.8) is 0 Å². The van der Waals surface area contributed by atoms with E-state index in [1.165, 1.54) is 0 Å². The van der Waals surface area contributed by atoms with Gasteiger partial charge in [-0.15, -0.1) is 0 Å². The molecule has 0 saturated carbocycles. The molecule has 106 valence electrons. The minimum Gasteiger partial charge on any atom is -0.497 e. The van der Waals surface area contributed by atoms with Crippen LogP contribution < -0.4 is 4.74 Å². The lowest BCUT2D eigenvalue weighted by molar-refractivity contribution is 0.0831. The third kappa shape index (κ3) is 2.47. The summed E-state index contributed by atoms with van der Waals surface area (Å²) >= 11 is 0. The standard InChI is InChI=1S/C18H16O3/c1-21-13-9-6-12(7-10-13)8-11-16-17(19)14-4-2-3-5-15(14)18(16)20/h2-7,9-10,16H,8,11H2,1H3. The highest BCUT2D eigenvalue weighted by molar-refractivity contribution is 6.26. The first-order valence-corrected chi connectivity index (χ1v) is 7.01. The largest absolute Gasteiger partial charge is 0.497 e. The van der Waals surface area contributed by atoms with Crippen LogP contribution in [0.5, 0.6) is 5.75 Å². The SMILES string of the molecule is COc1ccc(CCC2C(=O)c3ccccc3C2=O)cc1. The molecule has 0 radical (unpaired) electrons. The summed E-state index contributed by atoms with van der Waals surface area (Å²) in [6, 6.07) is 14.8. The van der Waals surface area contributed by atoms with Crippen molar-refractivity contribution < 1.29 is 14.3 Å². The van der Waals surface area contributed by atoms with Crippen LogP contribution in [-0.4, -0.2) is 18.7 Å². The molecule has 3 rings (SSSR count). The number of methoxy groups -OCH3 is 1. The van der Waals surface area contributed by atoms with E-state index in [1.54, 1.807) is 31.4 Å². The summed E-state index contributed by atoms with van der Waals surface area (Å²) in [5.41, 5.74) is 2.25. The lowest BCUT2D eigenvalue weighted by Gasteiger charge is -2.07. The number of benzene rings is 2. The Hall–Kier alpha value is -2.42. The maximum absolute atomic E-state index is 12.3. The first-order valence-electron chi connectivity index (χ1n) is 7.01. The molecule has 0 bridgehead atoms. The lowest BCUT2D eigenvalue weighted by Crippen LogP contribution is -2.15. The highest BCUT2D eigenvalue weighted by atomic mass is 16.5. The summed E-state index contributed by atoms with van der Waals surface area (Å²) in [6.45, 7) is 0. The van der Waals surface area contributed by atoms with E-state index < -0.39 is 5.92 Å². The summed E-state index contributed by atoms with van der Waals surface area (Å²) in [6.07, 6.45) is 1.26. The molecule has 0 N–H and O–H groups in total. The number of hydrogen-bond acceptors (Lipinski definition) is 3. The van der Waals surface area contributed by atoms with Gasteiger partial charge >= 0.3 is 0 Å². The minimum atomic E-state index is -0.524. The molecule has 1 aliphatic rings. The van der Waals surface area contributed by atoms with Crippen LogP contribution in [0.15, 0.2) is 48.5 Å². The molecule has 2 aromatic rings. The van der Waals surface area contributed by atoms with Crippen molar-refractivity contribution in [1.29, 1.82) is 0 Å². The third-order valence-corrected chi connectivity index (χ3v) is 3.97. The Balaban J connectivity index is 1.72. The van der Waals surface area contributed by atoms with Gasteiger partial charge in [0.25, 0.3) is 0 Å². The van der Waals surface area contributed by atoms with Crippen molar-refractivity contribution in [1.82, 2.24) is 0 Å². The Labute approximate surface area is 123 Å². The molecule has 0 saturated heterocycles. The summed E-state index contributed by atoms with van der Waals surface area (Å²) in [5.74, 6) is 0.205. The van der Waals surface area contributed by atoms with Gasteiger partial charge in [-0.2, -0.15) is 0 Å². The number of Topliss-reactive ketones (excluding diaryl/α,β-unsaturated/α-hetero) is 2. The number of carbonyl (C=O) groups is 2. The van der Waals surface area contributed by atoms with Gasteiger partial charge in [0.15, 0.2) is 11.6 Å². The summed E-state index contributed by atoms with van der Waals surface area (Å²) in [5, 5.41) is 0. The van der Waals surface area contributed by atoms with Crippen LogP contribution in [0, 0.1) is 5.92 Å². The molecule has 0 fully saturated rings. The van der Waals surface area contributed by atoms with Crippen molar-refractivity contribution in [2.75, 3.05) is 7.11 Å². The Bertz CT molecular complexity index is 651. The smallest absolute Gasteiger partial charge is 0.174 e. The fourth-order valence-electron chi connectivity index (χ4n) is 2.77. The molecular weight excluding hydrogens is 264 g/mol. The first kappa shape index (κ1) is 13.6. The Morgan fingerprint density at radius 2 is 1.48 bits per heavy atom. The average molecular weight is 280 g/mol. The third-order valence-electron chi connectivity index (χ3n) is 3.97. The van der Waals surface area contributed by atoms with Crippen molar-refractivity contribution in [2.24, 2.45) is 5.92 Å². The van der Waals surface area contributed by atoms with Crippen molar-refractivity contribution >= 4 is 11.6 Å². The second kappa shape index (κ2) is 5.52. The molecule has 0 heterocycles. The van der Waals surface area contributed by atoms with Gasteiger partial charge in [0.05, 0.1) is 13.0 Å². The fourth-order valence-corrected chi connectivity index (χ4v) is 2.77. The highest BCUT2D eigenvalue weighted by Gasteiger charge is 2.37. The van der Waals surface area contributed by atoms with E-state index in [9.17, 15) is 9.59 Å². The molecule has 0 aliphatic heterocycles. The van der Waals surface area contributed by atoms with Gasteiger partial charge in [-0.1, -0.05) is 36.4 Å². The maximum atomic E-state index is 12.3. The van der Waals surface area contributed by atoms with Gasteiger partial charge in [-0.3, -0.25) is 9.59 Å². The quantitative estimate of drug-likeness (QED) is 0.807. The van der Waals surface area contributed by atoms with Gasteiger partial charge in [-0.05, 0) is 30.5 Å². The van der Waals surface area contributed by atoms with Gasteiger partial charge < -0.3 is 4.74 Å². The van der Waals surface area contributed by atoms with Crippen LogP contribution in [0.4, 0.5) is 0 Å². The molecule has 0 amide bonds. The molecule has 21 heavy (non-hydrogen) atoms. The summed E-state index contributed by atoms with van der Waals surface area (Å²) < 4.78 is 5.12. The molecule has 0 unspecified atom stereocenters. The molecule has 1 aliphatic carbocycles. The number of carbonyl (C=O) groups excluding carboxylic acids is 2. The predicted octanol–water partition coefficient (Wildman–Crippen LogP) is 3.32. The zero-order valence-corrected chi connectivity index (χ0v) is 11.8. The van der Waals surface area contributed by atoms with E-state index in [4.69, 9.17) is 4.74 Å². The molecule has 0 aromatic heterocycles. The number of aryl methyl sites for hydroxylation is 1. The monoisotopic (exact) mass is 280 g/mol. The van der Waals surface area contributed by atoms with Crippen LogP contribution in [0.25, 0.3) is 0 Å². The van der Waals surface area contributed by atoms with Crippen molar-refractivity contribution in [3.8, 4) is 5.75 Å². The Morgan fingerprint density at radius 1 is 0.905 bits per heavy atom. The van der Waals surface area contributed by atoms with Gasteiger partial charge in [-0.25, -0.2) is 0 Å². The fraction of sp³-hybridized carbons (Fsp3) is 0.222. The van der Waals surface area contributed by atoms with E-state index in [1.807, 2.05) is 24.3 Å². The number of ether oxygens (including phenoxy) is 1. The van der Waals surface area contributed by atoms with E-state index in [0.717, 1.165) is 11.3 Å². The number of fused-ring (bicyclic) bond motifs is 1. The Morgan fingerprint density at radius 3 is 2.00 bits per heavy atom. The number of rotatable bonds is 4. The van der Waals surface area contributed by atoms with Crippen LogP contribution >= 0.6 is 0 Å². The zero-order valence-electron chi connectivity index (χ0n) is 11.8. The molecular formula is C18H16O3. The number of ketones is 2.